The smallest absolute Gasteiger partial charge is 0.243 e. The van der Waals surface area contributed by atoms with E-state index in [-0.39, 0.29) is 44.2 Å². The van der Waals surface area contributed by atoms with Crippen LogP contribution >= 0.6 is 0 Å². The molecule has 0 heterocycles. The van der Waals surface area contributed by atoms with Crippen LogP contribution in [-0.4, -0.2) is 49.5 Å². The highest BCUT2D eigenvalue weighted by Gasteiger charge is 2.32. The number of benzene rings is 3. The molecule has 0 aromatic heterocycles. The van der Waals surface area contributed by atoms with Gasteiger partial charge in [-0.2, -0.15) is 0 Å². The molecule has 0 fully saturated rings. The number of para-hydroxylation sites is 1. The molecular formula is C31H38FN3O4S. The van der Waals surface area contributed by atoms with Gasteiger partial charge in [0.1, 0.15) is 11.9 Å². The molecule has 0 aliphatic carbocycles. The van der Waals surface area contributed by atoms with E-state index in [0.29, 0.717) is 11.3 Å². The van der Waals surface area contributed by atoms with Gasteiger partial charge in [0.05, 0.1) is 11.9 Å². The van der Waals surface area contributed by atoms with Crippen molar-refractivity contribution in [3.63, 3.8) is 0 Å². The van der Waals surface area contributed by atoms with E-state index in [1.165, 1.54) is 21.3 Å². The summed E-state index contributed by atoms with van der Waals surface area (Å²) in [5, 5.41) is 3.01. The van der Waals surface area contributed by atoms with E-state index in [1.807, 2.05) is 51.1 Å². The van der Waals surface area contributed by atoms with Crippen molar-refractivity contribution in [2.75, 3.05) is 17.1 Å². The molecule has 9 heteroatoms. The van der Waals surface area contributed by atoms with Crippen molar-refractivity contribution in [1.82, 2.24) is 10.2 Å². The van der Waals surface area contributed by atoms with Crippen molar-refractivity contribution in [3.05, 3.63) is 102 Å². The highest BCUT2D eigenvalue weighted by atomic mass is 32.2. The van der Waals surface area contributed by atoms with Crippen LogP contribution in [0.15, 0.2) is 84.9 Å². The van der Waals surface area contributed by atoms with Crippen molar-refractivity contribution in [2.24, 2.45) is 0 Å². The lowest BCUT2D eigenvalue weighted by Crippen LogP contribution is -2.54. The SMILES string of the molecule is CC(C)(C)NC(=O)[C@H](Cc1ccccc1)N(Cc1ccc(F)cc1)C(=O)CCCN(c1ccccc1)S(C)(=O)=O. The van der Waals surface area contributed by atoms with Gasteiger partial charge in [0.25, 0.3) is 0 Å². The summed E-state index contributed by atoms with van der Waals surface area (Å²) in [6, 6.07) is 23.2. The number of rotatable bonds is 12. The lowest BCUT2D eigenvalue weighted by atomic mass is 10.00. The Morgan fingerprint density at radius 2 is 1.45 bits per heavy atom. The summed E-state index contributed by atoms with van der Waals surface area (Å²) in [6.45, 7) is 5.83. The van der Waals surface area contributed by atoms with Crippen molar-refractivity contribution in [1.29, 1.82) is 0 Å². The maximum absolute atomic E-state index is 13.8. The molecule has 0 aliphatic rings. The number of halogens is 1. The predicted octanol–water partition coefficient (Wildman–Crippen LogP) is 4.93. The molecule has 1 N–H and O–H groups in total. The Bertz CT molecular complexity index is 1360. The molecule has 0 unspecified atom stereocenters. The molecule has 0 saturated carbocycles. The van der Waals surface area contributed by atoms with Crippen molar-refractivity contribution >= 4 is 27.5 Å². The van der Waals surface area contributed by atoms with E-state index in [0.717, 1.165) is 11.8 Å². The molecule has 1 atom stereocenters. The quantitative estimate of drug-likeness (QED) is 0.336. The second-order valence-corrected chi connectivity index (χ2v) is 12.8. The van der Waals surface area contributed by atoms with Crippen LogP contribution < -0.4 is 9.62 Å². The van der Waals surface area contributed by atoms with Gasteiger partial charge in [-0.1, -0.05) is 60.7 Å². The zero-order chi connectivity index (χ0) is 29.3. The third kappa shape index (κ3) is 9.48. The number of carbonyl (C=O) groups is 2. The molecule has 214 valence electrons. The molecule has 7 nitrogen and oxygen atoms in total. The first-order valence-corrected chi connectivity index (χ1v) is 15.1. The summed E-state index contributed by atoms with van der Waals surface area (Å²) < 4.78 is 39.9. The van der Waals surface area contributed by atoms with Gasteiger partial charge in [-0.15, -0.1) is 0 Å². The van der Waals surface area contributed by atoms with Gasteiger partial charge in [-0.25, -0.2) is 12.8 Å². The monoisotopic (exact) mass is 567 g/mol. The number of sulfonamides is 1. The predicted molar refractivity (Wildman–Crippen MR) is 157 cm³/mol. The van der Waals surface area contributed by atoms with Crippen LogP contribution in [0, 0.1) is 5.82 Å². The zero-order valence-corrected chi connectivity index (χ0v) is 24.3. The largest absolute Gasteiger partial charge is 0.350 e. The van der Waals surface area contributed by atoms with Gasteiger partial charge < -0.3 is 10.2 Å². The highest BCUT2D eigenvalue weighted by Crippen LogP contribution is 2.20. The van der Waals surface area contributed by atoms with E-state index in [2.05, 4.69) is 5.32 Å². The van der Waals surface area contributed by atoms with Gasteiger partial charge in [0.15, 0.2) is 0 Å². The second-order valence-electron chi connectivity index (χ2n) is 10.9. The van der Waals surface area contributed by atoms with E-state index < -0.39 is 27.4 Å². The van der Waals surface area contributed by atoms with Crippen molar-refractivity contribution in [3.8, 4) is 0 Å². The topological polar surface area (TPSA) is 86.8 Å². The minimum Gasteiger partial charge on any atom is -0.350 e. The highest BCUT2D eigenvalue weighted by molar-refractivity contribution is 7.92. The lowest BCUT2D eigenvalue weighted by molar-refractivity contribution is -0.142. The Labute approximate surface area is 237 Å². The molecule has 0 saturated heterocycles. The normalized spacial score (nSPS) is 12.4. The van der Waals surface area contributed by atoms with E-state index in [4.69, 9.17) is 0 Å². The lowest BCUT2D eigenvalue weighted by Gasteiger charge is -2.34. The minimum atomic E-state index is -3.57. The summed E-state index contributed by atoms with van der Waals surface area (Å²) in [5.41, 5.74) is 1.56. The van der Waals surface area contributed by atoms with E-state index in [1.54, 1.807) is 42.5 Å². The third-order valence-corrected chi connectivity index (χ3v) is 7.43. The Morgan fingerprint density at radius 1 is 0.875 bits per heavy atom. The average Bonchev–Trinajstić information content (AvgIpc) is 2.89. The molecule has 2 amide bonds. The van der Waals surface area contributed by atoms with Crippen LogP contribution in [0.25, 0.3) is 0 Å². The summed E-state index contributed by atoms with van der Waals surface area (Å²) in [7, 11) is -3.57. The van der Waals surface area contributed by atoms with Gasteiger partial charge in [-0.3, -0.25) is 13.9 Å². The minimum absolute atomic E-state index is 0.0220. The summed E-state index contributed by atoms with van der Waals surface area (Å²) in [4.78, 5) is 28.9. The van der Waals surface area contributed by atoms with Crippen LogP contribution in [0.5, 0.6) is 0 Å². The van der Waals surface area contributed by atoms with Crippen LogP contribution in [0.4, 0.5) is 10.1 Å². The molecule has 3 rings (SSSR count). The number of hydrogen-bond acceptors (Lipinski definition) is 4. The van der Waals surface area contributed by atoms with Crippen LogP contribution in [0.1, 0.15) is 44.7 Å². The Balaban J connectivity index is 1.89. The fourth-order valence-electron chi connectivity index (χ4n) is 4.39. The Kier molecular flexibility index (Phi) is 10.5. The fraction of sp³-hybridized carbons (Fsp3) is 0.355. The number of nitrogens with zero attached hydrogens (tertiary/aromatic N) is 2. The molecule has 0 aliphatic heterocycles. The first kappa shape index (κ1) is 30.8. The van der Waals surface area contributed by atoms with Crippen LogP contribution in [0.2, 0.25) is 0 Å². The average molecular weight is 568 g/mol. The molecule has 3 aromatic rings. The maximum atomic E-state index is 13.8. The number of anilines is 1. The molecule has 3 aromatic carbocycles. The van der Waals surface area contributed by atoms with Gasteiger partial charge in [-0.05, 0) is 62.6 Å². The van der Waals surface area contributed by atoms with Gasteiger partial charge >= 0.3 is 0 Å². The Hall–Kier alpha value is -3.72. The fourth-order valence-corrected chi connectivity index (χ4v) is 5.36. The van der Waals surface area contributed by atoms with E-state index >= 15 is 0 Å². The van der Waals surface area contributed by atoms with Gasteiger partial charge in [0, 0.05) is 31.5 Å². The second kappa shape index (κ2) is 13.6. The summed E-state index contributed by atoms with van der Waals surface area (Å²) in [6.07, 6.45) is 1.69. The Morgan fingerprint density at radius 3 is 2.00 bits per heavy atom. The summed E-state index contributed by atoms with van der Waals surface area (Å²) >= 11 is 0. The maximum Gasteiger partial charge on any atom is 0.243 e. The molecular weight excluding hydrogens is 529 g/mol. The standard InChI is InChI=1S/C31H38FN3O4S/c1-31(2,3)33-30(37)28(22-24-12-7-5-8-13-24)34(23-25-17-19-26(32)20-18-25)29(36)16-11-21-35(40(4,38)39)27-14-9-6-10-15-27/h5-10,12-15,17-20,28H,11,16,21-23H2,1-4H3,(H,33,37)/t28-/m0/s1. The molecule has 0 radical (unpaired) electrons. The van der Waals surface area contributed by atoms with Crippen LogP contribution in [0.3, 0.4) is 0 Å². The van der Waals surface area contributed by atoms with Crippen molar-refractivity contribution < 1.29 is 22.4 Å². The zero-order valence-electron chi connectivity index (χ0n) is 23.5. The van der Waals surface area contributed by atoms with Crippen molar-refractivity contribution in [2.45, 2.75) is 58.2 Å². The first-order valence-electron chi connectivity index (χ1n) is 13.3. The van der Waals surface area contributed by atoms with Crippen LogP contribution in [-0.2, 0) is 32.6 Å². The van der Waals surface area contributed by atoms with E-state index in [9.17, 15) is 22.4 Å². The first-order chi connectivity index (χ1) is 18.8. The number of carbonyl (C=O) groups excluding carboxylic acids is 2. The number of nitrogens with one attached hydrogen (secondary N) is 1. The number of amides is 2. The third-order valence-electron chi connectivity index (χ3n) is 6.23. The van der Waals surface area contributed by atoms with Gasteiger partial charge in [0.2, 0.25) is 21.8 Å². The number of hydrogen-bond donors (Lipinski definition) is 1. The molecule has 0 spiro atoms. The molecule has 0 bridgehead atoms. The molecule has 40 heavy (non-hydrogen) atoms. The summed E-state index contributed by atoms with van der Waals surface area (Å²) in [5.74, 6) is -0.987.